The van der Waals surface area contributed by atoms with E-state index in [9.17, 15) is 9.59 Å². The number of halogens is 1. The van der Waals surface area contributed by atoms with E-state index in [0.717, 1.165) is 39.3 Å². The van der Waals surface area contributed by atoms with Gasteiger partial charge in [-0.3, -0.25) is 9.59 Å². The van der Waals surface area contributed by atoms with Gasteiger partial charge in [-0.05, 0) is 53.6 Å². The quantitative estimate of drug-likeness (QED) is 0.235. The lowest BCUT2D eigenvalue weighted by molar-refractivity contribution is -0.113. The molecule has 0 bridgehead atoms. The molecule has 2 heterocycles. The average molecular weight is 508 g/mol. The summed E-state index contributed by atoms with van der Waals surface area (Å²) >= 11 is 7.03. The van der Waals surface area contributed by atoms with Crippen LogP contribution in [0.3, 0.4) is 0 Å². The van der Waals surface area contributed by atoms with E-state index in [1.165, 1.54) is 4.90 Å². The van der Waals surface area contributed by atoms with Gasteiger partial charge in [-0.25, -0.2) is 9.58 Å². The van der Waals surface area contributed by atoms with Crippen LogP contribution in [0.25, 0.3) is 33.8 Å². The molecule has 5 aromatic rings. The van der Waals surface area contributed by atoms with Crippen molar-refractivity contribution >= 4 is 57.0 Å². The average Bonchev–Trinajstić information content (AvgIpc) is 3.45. The van der Waals surface area contributed by atoms with Crippen LogP contribution < -0.4 is 4.90 Å². The normalized spacial score (nSPS) is 14.8. The number of para-hydroxylation sites is 1. The molecule has 1 aliphatic heterocycles. The van der Waals surface area contributed by atoms with Crippen LogP contribution in [0.1, 0.15) is 5.56 Å². The topological polar surface area (TPSA) is 55.2 Å². The Morgan fingerprint density at radius 1 is 0.806 bits per heavy atom. The van der Waals surface area contributed by atoms with Crippen molar-refractivity contribution in [3.63, 3.8) is 0 Å². The molecule has 4 aromatic carbocycles. The highest BCUT2D eigenvalue weighted by Crippen LogP contribution is 2.39. The van der Waals surface area contributed by atoms with Crippen molar-refractivity contribution in [2.24, 2.45) is 0 Å². The molecular weight excluding hydrogens is 490 g/mol. The zero-order chi connectivity index (χ0) is 24.6. The molecule has 6 rings (SSSR count). The van der Waals surface area contributed by atoms with Gasteiger partial charge >= 0.3 is 0 Å². The highest BCUT2D eigenvalue weighted by molar-refractivity contribution is 8.19. The molecule has 1 fully saturated rings. The fourth-order valence-electron chi connectivity index (χ4n) is 4.26. The number of fused-ring (bicyclic) bond motifs is 1. The molecule has 0 radical (unpaired) electrons. The summed E-state index contributed by atoms with van der Waals surface area (Å²) in [5.74, 6) is -0.351. The monoisotopic (exact) mass is 507 g/mol. The number of carbonyl (C=O) groups excluding carboxylic acids is 2. The fraction of sp³-hybridized carbons (Fsp3) is 0. The Balaban J connectivity index is 1.44. The van der Waals surface area contributed by atoms with Crippen molar-refractivity contribution < 1.29 is 9.59 Å². The lowest BCUT2D eigenvalue weighted by Crippen LogP contribution is -2.27. The minimum Gasteiger partial charge on any atom is -0.268 e. The minimum atomic E-state index is -0.351. The molecule has 0 saturated carbocycles. The van der Waals surface area contributed by atoms with Crippen molar-refractivity contribution in [2.45, 2.75) is 0 Å². The van der Waals surface area contributed by atoms with Crippen LogP contribution in [0.4, 0.5) is 10.5 Å². The number of hydrogen-bond donors (Lipinski definition) is 0. The van der Waals surface area contributed by atoms with Crippen molar-refractivity contribution in [3.8, 4) is 16.9 Å². The molecule has 0 spiro atoms. The maximum atomic E-state index is 13.5. The van der Waals surface area contributed by atoms with Crippen LogP contribution >= 0.6 is 23.4 Å². The van der Waals surface area contributed by atoms with E-state index in [0.29, 0.717) is 21.3 Å². The Morgan fingerprint density at radius 3 is 2.33 bits per heavy atom. The number of carbonyl (C=O) groups is 2. The molecule has 0 aliphatic carbocycles. The van der Waals surface area contributed by atoms with Gasteiger partial charge in [-0.1, -0.05) is 78.3 Å². The summed E-state index contributed by atoms with van der Waals surface area (Å²) < 4.78 is 1.77. The second-order valence-corrected chi connectivity index (χ2v) is 9.67. The van der Waals surface area contributed by atoms with Gasteiger partial charge in [-0.2, -0.15) is 5.10 Å². The summed E-state index contributed by atoms with van der Waals surface area (Å²) in [4.78, 5) is 28.1. The van der Waals surface area contributed by atoms with E-state index in [2.05, 4.69) is 0 Å². The van der Waals surface area contributed by atoms with Gasteiger partial charge in [0.25, 0.3) is 11.1 Å². The third kappa shape index (κ3) is 4.00. The molecule has 5 nitrogen and oxygen atoms in total. The van der Waals surface area contributed by atoms with Gasteiger partial charge in [0.1, 0.15) is 0 Å². The van der Waals surface area contributed by atoms with E-state index in [1.807, 2.05) is 85.1 Å². The Labute approximate surface area is 216 Å². The Hall–Kier alpha value is -4.13. The molecule has 1 aromatic heterocycles. The smallest absolute Gasteiger partial charge is 0.268 e. The number of anilines is 1. The Kier molecular flexibility index (Phi) is 5.68. The van der Waals surface area contributed by atoms with Crippen LogP contribution in [0.5, 0.6) is 0 Å². The molecular formula is C29H18ClN3O2S. The fourth-order valence-corrected chi connectivity index (χ4v) is 5.21. The number of benzene rings is 4. The zero-order valence-corrected chi connectivity index (χ0v) is 20.4. The Morgan fingerprint density at radius 2 is 1.53 bits per heavy atom. The lowest BCUT2D eigenvalue weighted by atomic mass is 10.1. The predicted octanol–water partition coefficient (Wildman–Crippen LogP) is 7.59. The van der Waals surface area contributed by atoms with Gasteiger partial charge in [0.2, 0.25) is 0 Å². The number of aromatic nitrogens is 2. The SMILES string of the molecule is O=C1S/C(=C\c2cn(-c3ccccc3)nc2-c2ccc(Cl)cc2)C(=O)N1c1cccc2ccccc12. The molecule has 174 valence electrons. The minimum absolute atomic E-state index is 0.328. The second-order valence-electron chi connectivity index (χ2n) is 8.24. The van der Waals surface area contributed by atoms with E-state index < -0.39 is 0 Å². The molecule has 0 unspecified atom stereocenters. The second kappa shape index (κ2) is 9.15. The number of imide groups is 1. The summed E-state index contributed by atoms with van der Waals surface area (Å²) in [5, 5.41) is 6.91. The molecule has 1 aliphatic rings. The van der Waals surface area contributed by atoms with Crippen molar-refractivity contribution in [2.75, 3.05) is 4.90 Å². The molecule has 2 amide bonds. The predicted molar refractivity (Wildman–Crippen MR) is 146 cm³/mol. The highest BCUT2D eigenvalue weighted by atomic mass is 35.5. The van der Waals surface area contributed by atoms with Crippen molar-refractivity contribution in [1.82, 2.24) is 9.78 Å². The number of nitrogens with zero attached hydrogens (tertiary/aromatic N) is 3. The largest absolute Gasteiger partial charge is 0.298 e. The number of amides is 2. The maximum Gasteiger partial charge on any atom is 0.298 e. The summed E-state index contributed by atoms with van der Waals surface area (Å²) in [6.45, 7) is 0. The van der Waals surface area contributed by atoms with Gasteiger partial charge < -0.3 is 0 Å². The van der Waals surface area contributed by atoms with Gasteiger partial charge in [0.15, 0.2) is 0 Å². The van der Waals surface area contributed by atoms with E-state index in [4.69, 9.17) is 16.7 Å². The molecule has 0 N–H and O–H groups in total. The summed E-state index contributed by atoms with van der Waals surface area (Å²) in [6, 6.07) is 30.4. The first kappa shape index (κ1) is 22.3. The molecule has 36 heavy (non-hydrogen) atoms. The van der Waals surface area contributed by atoms with E-state index in [1.54, 1.807) is 29.0 Å². The van der Waals surface area contributed by atoms with Gasteiger partial charge in [-0.15, -0.1) is 0 Å². The van der Waals surface area contributed by atoms with Crippen LogP contribution in [-0.4, -0.2) is 20.9 Å². The standard InChI is InChI=1S/C29H18ClN3O2S/c30-22-15-13-20(14-16-22)27-21(18-32(31-27)23-9-2-1-3-10-23)17-26-28(34)33(29(35)36-26)25-12-6-8-19-7-4-5-11-24(19)25/h1-18H/b26-17-. The maximum absolute atomic E-state index is 13.5. The third-order valence-corrected chi connectivity index (χ3v) is 7.09. The zero-order valence-electron chi connectivity index (χ0n) is 18.8. The van der Waals surface area contributed by atoms with Crippen molar-refractivity contribution in [1.29, 1.82) is 0 Å². The van der Waals surface area contributed by atoms with Crippen molar-refractivity contribution in [3.05, 3.63) is 119 Å². The van der Waals surface area contributed by atoms with E-state index >= 15 is 0 Å². The van der Waals surface area contributed by atoms with Crippen LogP contribution in [-0.2, 0) is 4.79 Å². The first-order chi connectivity index (χ1) is 17.6. The first-order valence-corrected chi connectivity index (χ1v) is 12.4. The number of hydrogen-bond acceptors (Lipinski definition) is 4. The first-order valence-electron chi connectivity index (χ1n) is 11.3. The molecule has 1 saturated heterocycles. The lowest BCUT2D eigenvalue weighted by Gasteiger charge is -2.15. The number of thioether (sulfide) groups is 1. The van der Waals surface area contributed by atoms with Gasteiger partial charge in [0.05, 0.1) is 22.0 Å². The van der Waals surface area contributed by atoms with Crippen LogP contribution in [0.15, 0.2) is 108 Å². The third-order valence-electron chi connectivity index (χ3n) is 5.97. The van der Waals surface area contributed by atoms with E-state index in [-0.39, 0.29) is 11.1 Å². The molecule has 0 atom stereocenters. The summed E-state index contributed by atoms with van der Waals surface area (Å²) in [7, 11) is 0. The van der Waals surface area contributed by atoms with Crippen LogP contribution in [0.2, 0.25) is 5.02 Å². The number of rotatable bonds is 4. The summed E-state index contributed by atoms with van der Waals surface area (Å²) in [5.41, 5.74) is 3.74. The summed E-state index contributed by atoms with van der Waals surface area (Å²) in [6.07, 6.45) is 3.61. The van der Waals surface area contributed by atoms with Crippen LogP contribution in [0, 0.1) is 0 Å². The Bertz CT molecular complexity index is 1650. The molecule has 7 heteroatoms. The highest BCUT2D eigenvalue weighted by Gasteiger charge is 2.37. The van der Waals surface area contributed by atoms with Gasteiger partial charge in [0, 0.05) is 27.7 Å².